The zero-order valence-electron chi connectivity index (χ0n) is 22.2. The van der Waals surface area contributed by atoms with Gasteiger partial charge in [0.15, 0.2) is 0 Å². The summed E-state index contributed by atoms with van der Waals surface area (Å²) in [5.74, 6) is 6.90. The molecule has 7 nitrogen and oxygen atoms in total. The molecule has 0 spiro atoms. The smallest absolute Gasteiger partial charge is 0.293 e. The van der Waals surface area contributed by atoms with Crippen molar-refractivity contribution in [1.82, 2.24) is 19.3 Å². The Bertz CT molecular complexity index is 1620. The monoisotopic (exact) mass is 506 g/mol. The molecule has 38 heavy (non-hydrogen) atoms. The van der Waals surface area contributed by atoms with E-state index in [2.05, 4.69) is 59.2 Å². The van der Waals surface area contributed by atoms with Crippen LogP contribution in [0.25, 0.3) is 17.1 Å². The minimum atomic E-state index is -0.135. The predicted molar refractivity (Wildman–Crippen MR) is 153 cm³/mol. The molecule has 0 amide bonds. The Balaban J connectivity index is 1.49. The number of anilines is 1. The highest BCUT2D eigenvalue weighted by Gasteiger charge is 2.26. The summed E-state index contributed by atoms with van der Waals surface area (Å²) in [4.78, 5) is 21.2. The van der Waals surface area contributed by atoms with Gasteiger partial charge in [0.05, 0.1) is 18.8 Å². The first-order valence-corrected chi connectivity index (χ1v) is 13.6. The Morgan fingerprint density at radius 2 is 2.11 bits per heavy atom. The molecule has 6 rings (SSSR count). The quantitative estimate of drug-likeness (QED) is 0.538. The van der Waals surface area contributed by atoms with Crippen molar-refractivity contribution in [2.24, 2.45) is 5.73 Å². The standard InChI is InChI=1S/C31H34N6O/c1-3-4-16-36-29-28(33-31(36)35-15-9-13-26(32)20-35)21(2)34-37(30(29)38)19-25-18-23-11-6-5-10-22(23)17-24-12-7-8-14-27(24)25/h5-6,8,10-11,14,18,26H,7,9,12-13,15-17,19-20,32H2,1-2H3. The third kappa shape index (κ3) is 4.39. The van der Waals surface area contributed by atoms with Crippen molar-refractivity contribution in [3.8, 4) is 11.8 Å². The minimum absolute atomic E-state index is 0.0984. The number of hydrogen-bond donors (Lipinski definition) is 1. The van der Waals surface area contributed by atoms with Crippen LogP contribution in [0.4, 0.5) is 5.95 Å². The first kappa shape index (κ1) is 24.4. The first-order valence-electron chi connectivity index (χ1n) is 13.6. The number of aryl methyl sites for hydroxylation is 1. The van der Waals surface area contributed by atoms with Gasteiger partial charge in [-0.15, -0.1) is 5.92 Å². The summed E-state index contributed by atoms with van der Waals surface area (Å²) in [5.41, 5.74) is 14.5. The number of aromatic nitrogens is 4. The maximum absolute atomic E-state index is 14.1. The van der Waals surface area contributed by atoms with Crippen molar-refractivity contribution >= 4 is 23.1 Å². The average molecular weight is 507 g/mol. The van der Waals surface area contributed by atoms with Crippen LogP contribution in [-0.4, -0.2) is 38.5 Å². The molecule has 0 radical (unpaired) electrons. The molecule has 2 aromatic heterocycles. The fourth-order valence-corrected chi connectivity index (χ4v) is 6.01. The van der Waals surface area contributed by atoms with Crippen LogP contribution in [0.2, 0.25) is 0 Å². The molecule has 3 heterocycles. The topological polar surface area (TPSA) is 82.0 Å². The lowest BCUT2D eigenvalue weighted by molar-refractivity contribution is 0.496. The van der Waals surface area contributed by atoms with Gasteiger partial charge in [-0.25, -0.2) is 9.67 Å². The highest BCUT2D eigenvalue weighted by atomic mass is 16.1. The van der Waals surface area contributed by atoms with E-state index in [9.17, 15) is 4.79 Å². The van der Waals surface area contributed by atoms with Crippen LogP contribution in [0.5, 0.6) is 0 Å². The summed E-state index contributed by atoms with van der Waals surface area (Å²) in [6, 6.07) is 8.65. The van der Waals surface area contributed by atoms with Crippen LogP contribution in [0, 0.1) is 18.8 Å². The van der Waals surface area contributed by atoms with Gasteiger partial charge in [0.1, 0.15) is 11.0 Å². The summed E-state index contributed by atoms with van der Waals surface area (Å²) >= 11 is 0. The number of allylic oxidation sites excluding steroid dienone is 5. The zero-order chi connectivity index (χ0) is 26.2. The van der Waals surface area contributed by atoms with E-state index in [0.29, 0.717) is 24.1 Å². The van der Waals surface area contributed by atoms with Crippen LogP contribution >= 0.6 is 0 Å². The van der Waals surface area contributed by atoms with E-state index in [1.165, 1.54) is 22.3 Å². The molecule has 0 bridgehead atoms. The van der Waals surface area contributed by atoms with Crippen LogP contribution in [0.1, 0.15) is 49.4 Å². The van der Waals surface area contributed by atoms with E-state index in [4.69, 9.17) is 15.8 Å². The van der Waals surface area contributed by atoms with Gasteiger partial charge in [0.25, 0.3) is 5.56 Å². The fraction of sp³-hybridized carbons (Fsp3) is 0.387. The average Bonchev–Trinajstić information content (AvgIpc) is 3.23. The van der Waals surface area contributed by atoms with Crippen molar-refractivity contribution in [2.45, 2.75) is 65.1 Å². The van der Waals surface area contributed by atoms with Crippen molar-refractivity contribution in [3.05, 3.63) is 80.3 Å². The Labute approximate surface area is 223 Å². The molecule has 3 aliphatic rings. The predicted octanol–water partition coefficient (Wildman–Crippen LogP) is 4.14. The van der Waals surface area contributed by atoms with Crippen LogP contribution in [0.15, 0.2) is 57.9 Å². The van der Waals surface area contributed by atoms with Crippen molar-refractivity contribution in [3.63, 3.8) is 0 Å². The number of nitrogens with zero attached hydrogens (tertiary/aromatic N) is 5. The van der Waals surface area contributed by atoms with Gasteiger partial charge >= 0.3 is 0 Å². The highest BCUT2D eigenvalue weighted by molar-refractivity contribution is 5.80. The highest BCUT2D eigenvalue weighted by Crippen LogP contribution is 2.34. The summed E-state index contributed by atoms with van der Waals surface area (Å²) in [6.45, 7) is 6.16. The van der Waals surface area contributed by atoms with E-state index < -0.39 is 0 Å². The largest absolute Gasteiger partial charge is 0.341 e. The molecule has 7 heteroatoms. The summed E-state index contributed by atoms with van der Waals surface area (Å²) in [5, 5.41) is 4.78. The third-order valence-electron chi connectivity index (χ3n) is 7.89. The third-order valence-corrected chi connectivity index (χ3v) is 7.89. The number of rotatable bonds is 4. The van der Waals surface area contributed by atoms with Crippen molar-refractivity contribution in [1.29, 1.82) is 0 Å². The summed E-state index contributed by atoms with van der Waals surface area (Å²) in [6.07, 6.45) is 11.8. The zero-order valence-corrected chi connectivity index (χ0v) is 22.2. The number of piperidine rings is 1. The fourth-order valence-electron chi connectivity index (χ4n) is 6.01. The molecule has 1 aromatic carbocycles. The van der Waals surface area contributed by atoms with E-state index in [-0.39, 0.29) is 11.6 Å². The molecular formula is C31H34N6O. The number of benzene rings is 1. The molecule has 1 aliphatic heterocycles. The lowest BCUT2D eigenvalue weighted by Crippen LogP contribution is -2.44. The minimum Gasteiger partial charge on any atom is -0.341 e. The molecule has 1 unspecified atom stereocenters. The van der Waals surface area contributed by atoms with E-state index in [1.807, 2.05) is 18.4 Å². The maximum atomic E-state index is 14.1. The van der Waals surface area contributed by atoms with Gasteiger partial charge in [-0.3, -0.25) is 9.36 Å². The molecule has 2 aliphatic carbocycles. The summed E-state index contributed by atoms with van der Waals surface area (Å²) in [7, 11) is 0. The van der Waals surface area contributed by atoms with Gasteiger partial charge in [0, 0.05) is 19.1 Å². The second-order valence-electron chi connectivity index (χ2n) is 10.5. The van der Waals surface area contributed by atoms with E-state index >= 15 is 0 Å². The lowest BCUT2D eigenvalue weighted by Gasteiger charge is -2.31. The van der Waals surface area contributed by atoms with Crippen LogP contribution in [-0.2, 0) is 19.5 Å². The number of hydrogen-bond acceptors (Lipinski definition) is 5. The molecule has 194 valence electrons. The molecular weight excluding hydrogens is 472 g/mol. The maximum Gasteiger partial charge on any atom is 0.293 e. The number of imidazole rings is 1. The molecule has 2 N–H and O–H groups in total. The van der Waals surface area contributed by atoms with Crippen molar-refractivity contribution in [2.75, 3.05) is 18.0 Å². The Kier molecular flexibility index (Phi) is 6.50. The molecule has 1 saturated heterocycles. The molecule has 3 aromatic rings. The SMILES string of the molecule is CC#CCn1c(N2CCCC(N)C2)nc2c(C)nn(CC3=Cc4ccccc4CC4=C3C=CCC4)c(=O)c21. The normalized spacial score (nSPS) is 19.0. The van der Waals surface area contributed by atoms with Crippen LogP contribution < -0.4 is 16.2 Å². The van der Waals surface area contributed by atoms with Crippen LogP contribution in [0.3, 0.4) is 0 Å². The first-order chi connectivity index (χ1) is 18.5. The van der Waals surface area contributed by atoms with E-state index in [1.54, 1.807) is 4.68 Å². The molecule has 0 saturated carbocycles. The Hall–Kier alpha value is -3.89. The number of fused-ring (bicyclic) bond motifs is 2. The lowest BCUT2D eigenvalue weighted by atomic mass is 9.90. The second-order valence-corrected chi connectivity index (χ2v) is 10.5. The van der Waals surface area contributed by atoms with Gasteiger partial charge in [-0.1, -0.05) is 47.9 Å². The Morgan fingerprint density at radius 3 is 2.95 bits per heavy atom. The summed E-state index contributed by atoms with van der Waals surface area (Å²) < 4.78 is 3.59. The molecule has 1 fully saturated rings. The van der Waals surface area contributed by atoms with Gasteiger partial charge in [-0.2, -0.15) is 5.10 Å². The van der Waals surface area contributed by atoms with Gasteiger partial charge in [0.2, 0.25) is 5.95 Å². The van der Waals surface area contributed by atoms with Crippen molar-refractivity contribution < 1.29 is 0 Å². The number of nitrogens with two attached hydrogens (primary N) is 1. The van der Waals surface area contributed by atoms with Gasteiger partial charge in [-0.05, 0) is 74.3 Å². The Morgan fingerprint density at radius 1 is 1.24 bits per heavy atom. The van der Waals surface area contributed by atoms with Gasteiger partial charge < -0.3 is 10.6 Å². The molecule has 1 atom stereocenters. The second kappa shape index (κ2) is 10.1. The van der Waals surface area contributed by atoms with E-state index in [0.717, 1.165) is 62.4 Å².